The Hall–Kier alpha value is -2.21. The summed E-state index contributed by atoms with van der Waals surface area (Å²) in [6.07, 6.45) is 2.50. The van der Waals surface area contributed by atoms with E-state index in [1.54, 1.807) is 16.8 Å². The SMILES string of the molecule is Cc1nn(-c2ccc(F)cc2)c(C)c1CC(=O)NC(C)(CN)C1CC1. The van der Waals surface area contributed by atoms with Gasteiger partial charge in [0.2, 0.25) is 5.91 Å². The van der Waals surface area contributed by atoms with Gasteiger partial charge < -0.3 is 11.1 Å². The van der Waals surface area contributed by atoms with E-state index in [1.165, 1.54) is 12.1 Å². The molecule has 0 bridgehead atoms. The van der Waals surface area contributed by atoms with Crippen LogP contribution < -0.4 is 11.1 Å². The highest BCUT2D eigenvalue weighted by molar-refractivity contribution is 5.80. The molecule has 3 N–H and O–H groups in total. The molecule has 1 saturated carbocycles. The average Bonchev–Trinajstić information content (AvgIpc) is 3.39. The first kappa shape index (κ1) is 17.6. The van der Waals surface area contributed by atoms with Gasteiger partial charge in [0.25, 0.3) is 0 Å². The summed E-state index contributed by atoms with van der Waals surface area (Å²) in [6.45, 7) is 6.27. The second-order valence-corrected chi connectivity index (χ2v) is 7.16. The molecular formula is C19H25FN4O. The van der Waals surface area contributed by atoms with Crippen molar-refractivity contribution in [1.82, 2.24) is 15.1 Å². The van der Waals surface area contributed by atoms with Gasteiger partial charge in [-0.3, -0.25) is 4.79 Å². The molecule has 0 aliphatic heterocycles. The van der Waals surface area contributed by atoms with Crippen molar-refractivity contribution in [2.45, 2.75) is 45.6 Å². The lowest BCUT2D eigenvalue weighted by atomic mass is 9.95. The van der Waals surface area contributed by atoms with Gasteiger partial charge in [0, 0.05) is 17.8 Å². The lowest BCUT2D eigenvalue weighted by Crippen LogP contribution is -2.53. The maximum absolute atomic E-state index is 13.1. The van der Waals surface area contributed by atoms with Crippen molar-refractivity contribution in [3.8, 4) is 5.69 Å². The first-order valence-electron chi connectivity index (χ1n) is 8.66. The van der Waals surface area contributed by atoms with Crippen molar-refractivity contribution in [3.63, 3.8) is 0 Å². The molecule has 6 heteroatoms. The van der Waals surface area contributed by atoms with Gasteiger partial charge in [-0.2, -0.15) is 5.10 Å². The fraction of sp³-hybridized carbons (Fsp3) is 0.474. The van der Waals surface area contributed by atoms with Crippen molar-refractivity contribution in [1.29, 1.82) is 0 Å². The topological polar surface area (TPSA) is 72.9 Å². The van der Waals surface area contributed by atoms with E-state index in [2.05, 4.69) is 10.4 Å². The standard InChI is InChI=1S/C19H25FN4O/c1-12-17(10-18(25)22-19(3,11-21)14-4-5-14)13(2)24(23-12)16-8-6-15(20)7-9-16/h6-9,14H,4-5,10-11,21H2,1-3H3,(H,22,25). The van der Waals surface area contributed by atoms with E-state index < -0.39 is 0 Å². The first-order chi connectivity index (χ1) is 11.8. The predicted molar refractivity (Wildman–Crippen MR) is 95.0 cm³/mol. The molecule has 25 heavy (non-hydrogen) atoms. The quantitative estimate of drug-likeness (QED) is 0.845. The van der Waals surface area contributed by atoms with Crippen LogP contribution in [-0.2, 0) is 11.2 Å². The van der Waals surface area contributed by atoms with Crippen molar-refractivity contribution < 1.29 is 9.18 Å². The van der Waals surface area contributed by atoms with Crippen LogP contribution in [0.25, 0.3) is 5.69 Å². The third kappa shape index (κ3) is 3.58. The monoisotopic (exact) mass is 344 g/mol. The van der Waals surface area contributed by atoms with Gasteiger partial charge in [-0.25, -0.2) is 9.07 Å². The van der Waals surface area contributed by atoms with E-state index in [9.17, 15) is 9.18 Å². The van der Waals surface area contributed by atoms with E-state index in [4.69, 9.17) is 5.73 Å². The van der Waals surface area contributed by atoms with Gasteiger partial charge in [-0.05, 0) is 63.8 Å². The predicted octanol–water partition coefficient (Wildman–Crippen LogP) is 2.41. The number of nitrogens with two attached hydrogens (primary N) is 1. The maximum Gasteiger partial charge on any atom is 0.225 e. The number of carbonyl (C=O) groups excluding carboxylic acids is 1. The lowest BCUT2D eigenvalue weighted by molar-refractivity contribution is -0.122. The summed E-state index contributed by atoms with van der Waals surface area (Å²) in [6, 6.07) is 6.16. The van der Waals surface area contributed by atoms with E-state index in [0.717, 1.165) is 35.5 Å². The molecule has 134 valence electrons. The maximum atomic E-state index is 13.1. The molecule has 3 rings (SSSR count). The third-order valence-electron chi connectivity index (χ3n) is 5.18. The molecule has 1 amide bonds. The van der Waals surface area contributed by atoms with E-state index in [0.29, 0.717) is 12.5 Å². The van der Waals surface area contributed by atoms with Gasteiger partial charge in [0.05, 0.1) is 23.3 Å². The fourth-order valence-electron chi connectivity index (χ4n) is 3.33. The molecule has 0 saturated heterocycles. The second kappa shape index (κ2) is 6.59. The normalized spacial score (nSPS) is 16.5. The number of carbonyl (C=O) groups is 1. The van der Waals surface area contributed by atoms with Crippen LogP contribution in [0.1, 0.15) is 36.7 Å². The van der Waals surface area contributed by atoms with Crippen LogP contribution in [0.5, 0.6) is 0 Å². The molecule has 1 atom stereocenters. The minimum absolute atomic E-state index is 0.0373. The summed E-state index contributed by atoms with van der Waals surface area (Å²) in [4.78, 5) is 12.6. The molecule has 1 aromatic heterocycles. The third-order valence-corrected chi connectivity index (χ3v) is 5.18. The van der Waals surface area contributed by atoms with E-state index >= 15 is 0 Å². The summed E-state index contributed by atoms with van der Waals surface area (Å²) >= 11 is 0. The Morgan fingerprint density at radius 2 is 2.00 bits per heavy atom. The van der Waals surface area contributed by atoms with Crippen LogP contribution in [0.3, 0.4) is 0 Å². The van der Waals surface area contributed by atoms with Gasteiger partial charge in [-0.15, -0.1) is 0 Å². The minimum atomic E-state index is -0.328. The average molecular weight is 344 g/mol. The molecule has 1 unspecified atom stereocenters. The Kier molecular flexibility index (Phi) is 4.64. The molecule has 1 aromatic carbocycles. The summed E-state index contributed by atoms with van der Waals surface area (Å²) in [5.41, 5.74) is 8.92. The molecule has 2 aromatic rings. The van der Waals surface area contributed by atoms with Crippen molar-refractivity contribution in [2.24, 2.45) is 11.7 Å². The fourth-order valence-corrected chi connectivity index (χ4v) is 3.33. The zero-order valence-electron chi connectivity index (χ0n) is 15.0. The molecule has 1 heterocycles. The van der Waals surface area contributed by atoms with Crippen molar-refractivity contribution in [3.05, 3.63) is 47.0 Å². The molecule has 0 radical (unpaired) electrons. The lowest BCUT2D eigenvalue weighted by Gasteiger charge is -2.29. The summed E-state index contributed by atoms with van der Waals surface area (Å²) in [5, 5.41) is 7.63. The van der Waals surface area contributed by atoms with E-state index in [-0.39, 0.29) is 23.7 Å². The molecule has 1 aliphatic rings. The number of rotatable bonds is 6. The number of halogens is 1. The zero-order chi connectivity index (χ0) is 18.2. The van der Waals surface area contributed by atoms with Crippen LogP contribution in [0.2, 0.25) is 0 Å². The number of hydrogen-bond donors (Lipinski definition) is 2. The van der Waals surface area contributed by atoms with Crippen LogP contribution in [0.4, 0.5) is 4.39 Å². The van der Waals surface area contributed by atoms with Gasteiger partial charge in [-0.1, -0.05) is 0 Å². The van der Waals surface area contributed by atoms with Crippen molar-refractivity contribution >= 4 is 5.91 Å². The summed E-state index contributed by atoms with van der Waals surface area (Å²) in [5.74, 6) is 0.154. The first-order valence-corrected chi connectivity index (χ1v) is 8.66. The number of aromatic nitrogens is 2. The molecule has 0 spiro atoms. The summed E-state index contributed by atoms with van der Waals surface area (Å²) in [7, 11) is 0. The molecule has 5 nitrogen and oxygen atoms in total. The van der Waals surface area contributed by atoms with Crippen LogP contribution in [0.15, 0.2) is 24.3 Å². The van der Waals surface area contributed by atoms with Gasteiger partial charge in [0.1, 0.15) is 5.82 Å². The number of amides is 1. The highest BCUT2D eigenvalue weighted by Gasteiger charge is 2.41. The van der Waals surface area contributed by atoms with Gasteiger partial charge >= 0.3 is 0 Å². The van der Waals surface area contributed by atoms with E-state index in [1.807, 2.05) is 20.8 Å². The molecular weight excluding hydrogens is 319 g/mol. The Bertz CT molecular complexity index is 779. The largest absolute Gasteiger partial charge is 0.349 e. The zero-order valence-corrected chi connectivity index (χ0v) is 15.0. The number of benzene rings is 1. The molecule has 1 aliphatic carbocycles. The number of nitrogens with one attached hydrogen (secondary N) is 1. The number of aryl methyl sites for hydroxylation is 1. The van der Waals surface area contributed by atoms with Gasteiger partial charge in [0.15, 0.2) is 0 Å². The number of nitrogens with zero attached hydrogens (tertiary/aromatic N) is 2. The Morgan fingerprint density at radius 1 is 1.36 bits per heavy atom. The smallest absolute Gasteiger partial charge is 0.225 e. The van der Waals surface area contributed by atoms with Crippen molar-refractivity contribution in [2.75, 3.05) is 6.54 Å². The Morgan fingerprint density at radius 3 is 2.56 bits per heavy atom. The minimum Gasteiger partial charge on any atom is -0.349 e. The summed E-state index contributed by atoms with van der Waals surface area (Å²) < 4.78 is 14.9. The Balaban J connectivity index is 1.79. The molecule has 1 fully saturated rings. The van der Waals surface area contributed by atoms with Crippen LogP contribution in [0, 0.1) is 25.6 Å². The number of hydrogen-bond acceptors (Lipinski definition) is 3. The second-order valence-electron chi connectivity index (χ2n) is 7.16. The van der Waals surface area contributed by atoms with Crippen LogP contribution in [-0.4, -0.2) is 27.8 Å². The van der Waals surface area contributed by atoms with Crippen LogP contribution >= 0.6 is 0 Å². The highest BCUT2D eigenvalue weighted by atomic mass is 19.1. The highest BCUT2D eigenvalue weighted by Crippen LogP contribution is 2.39. The Labute approximate surface area is 147 Å².